The van der Waals surface area contributed by atoms with Gasteiger partial charge in [0.2, 0.25) is 0 Å². The fourth-order valence-corrected chi connectivity index (χ4v) is 7.32. The Morgan fingerprint density at radius 1 is 1.17 bits per heavy atom. The summed E-state index contributed by atoms with van der Waals surface area (Å²) in [5, 5.41) is 0. The number of hydrogen-bond donors (Lipinski definition) is 0. The van der Waals surface area contributed by atoms with Gasteiger partial charge in [-0.3, -0.25) is 9.59 Å². The van der Waals surface area contributed by atoms with Crippen molar-refractivity contribution in [3.63, 3.8) is 0 Å². The highest BCUT2D eigenvalue weighted by atomic mass is 16.1. The third kappa shape index (κ3) is 2.01. The maximum atomic E-state index is 12.2. The summed E-state index contributed by atoms with van der Waals surface area (Å²) < 4.78 is 0. The first-order chi connectivity index (χ1) is 11.4. The number of rotatable bonds is 2. The van der Waals surface area contributed by atoms with Gasteiger partial charge in [-0.1, -0.05) is 18.6 Å². The average molecular weight is 326 g/mol. The van der Waals surface area contributed by atoms with Crippen molar-refractivity contribution in [2.24, 2.45) is 34.5 Å². The lowest BCUT2D eigenvalue weighted by Crippen LogP contribution is -2.51. The van der Waals surface area contributed by atoms with E-state index >= 15 is 0 Å². The maximum absolute atomic E-state index is 12.2. The largest absolute Gasteiger partial charge is 0.300 e. The van der Waals surface area contributed by atoms with Gasteiger partial charge in [0, 0.05) is 17.8 Å². The van der Waals surface area contributed by atoms with E-state index in [9.17, 15) is 9.59 Å². The van der Waals surface area contributed by atoms with Crippen LogP contribution in [0.15, 0.2) is 24.3 Å². The molecule has 0 spiro atoms. The molecule has 0 aromatic carbocycles. The molecule has 6 unspecified atom stereocenters. The van der Waals surface area contributed by atoms with Crippen LogP contribution < -0.4 is 0 Å². The first kappa shape index (κ1) is 16.3. The summed E-state index contributed by atoms with van der Waals surface area (Å²) in [5.41, 5.74) is 1.63. The summed E-state index contributed by atoms with van der Waals surface area (Å²) in [6.45, 7) is 8.40. The molecule has 0 radical (unpaired) electrons. The van der Waals surface area contributed by atoms with Crippen LogP contribution in [0.1, 0.15) is 65.2 Å². The van der Waals surface area contributed by atoms with E-state index in [0.717, 1.165) is 19.3 Å². The quantitative estimate of drug-likeness (QED) is 0.677. The molecule has 6 atom stereocenters. The lowest BCUT2D eigenvalue weighted by Gasteiger charge is -2.58. The molecular weight excluding hydrogens is 296 g/mol. The molecule has 4 rings (SSSR count). The smallest absolute Gasteiger partial charge is 0.155 e. The van der Waals surface area contributed by atoms with Crippen LogP contribution in [0.5, 0.6) is 0 Å². The van der Waals surface area contributed by atoms with Crippen LogP contribution in [0, 0.1) is 34.5 Å². The summed E-state index contributed by atoms with van der Waals surface area (Å²) in [5.74, 6) is 2.99. The highest BCUT2D eigenvalue weighted by molar-refractivity contribution is 5.91. The van der Waals surface area contributed by atoms with Crippen molar-refractivity contribution in [3.8, 4) is 0 Å². The second-order valence-corrected chi connectivity index (χ2v) is 9.08. The molecule has 24 heavy (non-hydrogen) atoms. The zero-order valence-electron chi connectivity index (χ0n) is 15.1. The molecular formula is C22H30O2. The van der Waals surface area contributed by atoms with Crippen molar-refractivity contribution in [2.75, 3.05) is 0 Å². The fraction of sp³-hybridized carbons (Fsp3) is 0.727. The molecule has 0 heterocycles. The summed E-state index contributed by atoms with van der Waals surface area (Å²) in [6, 6.07) is 0. The van der Waals surface area contributed by atoms with Gasteiger partial charge in [0.25, 0.3) is 0 Å². The van der Waals surface area contributed by atoms with Crippen molar-refractivity contribution in [2.45, 2.75) is 65.2 Å². The van der Waals surface area contributed by atoms with Gasteiger partial charge in [-0.05, 0) is 81.1 Å². The first-order valence-electron chi connectivity index (χ1n) is 9.80. The number of allylic oxidation sites excluding steroid dienone is 2. The molecule has 0 N–H and O–H groups in total. The average Bonchev–Trinajstić information content (AvgIpc) is 2.91. The van der Waals surface area contributed by atoms with Gasteiger partial charge in [-0.15, -0.1) is 6.58 Å². The predicted molar refractivity (Wildman–Crippen MR) is 95.4 cm³/mol. The second kappa shape index (κ2) is 5.41. The lowest BCUT2D eigenvalue weighted by molar-refractivity contribution is -0.128. The second-order valence-electron chi connectivity index (χ2n) is 9.08. The third-order valence-corrected chi connectivity index (χ3v) is 8.42. The van der Waals surface area contributed by atoms with Crippen LogP contribution in [-0.2, 0) is 9.59 Å². The van der Waals surface area contributed by atoms with Crippen molar-refractivity contribution >= 4 is 11.6 Å². The zero-order valence-corrected chi connectivity index (χ0v) is 15.1. The van der Waals surface area contributed by atoms with Crippen LogP contribution in [0.2, 0.25) is 0 Å². The lowest BCUT2D eigenvalue weighted by atomic mass is 9.46. The van der Waals surface area contributed by atoms with Crippen LogP contribution in [-0.4, -0.2) is 11.6 Å². The molecule has 130 valence electrons. The van der Waals surface area contributed by atoms with Gasteiger partial charge in [-0.25, -0.2) is 0 Å². The molecule has 0 amide bonds. The Labute approximate surface area is 145 Å². The number of fused-ring (bicyclic) bond motifs is 5. The van der Waals surface area contributed by atoms with Gasteiger partial charge < -0.3 is 0 Å². The van der Waals surface area contributed by atoms with Crippen LogP contribution in [0.3, 0.4) is 0 Å². The normalized spacial score (nSPS) is 47.2. The van der Waals surface area contributed by atoms with E-state index in [4.69, 9.17) is 0 Å². The molecule has 0 aliphatic heterocycles. The monoisotopic (exact) mass is 326 g/mol. The first-order valence-corrected chi connectivity index (χ1v) is 9.80. The van der Waals surface area contributed by atoms with Crippen molar-refractivity contribution in [1.82, 2.24) is 0 Å². The van der Waals surface area contributed by atoms with Crippen molar-refractivity contribution in [3.05, 3.63) is 24.3 Å². The molecule has 0 aromatic heterocycles. The minimum absolute atomic E-state index is 0.0620. The molecule has 0 bridgehead atoms. The number of ketones is 2. The van der Waals surface area contributed by atoms with E-state index in [2.05, 4.69) is 19.6 Å². The topological polar surface area (TPSA) is 34.1 Å². The zero-order chi connectivity index (χ0) is 17.1. The Hall–Kier alpha value is -1.18. The Morgan fingerprint density at radius 3 is 2.67 bits per heavy atom. The van der Waals surface area contributed by atoms with E-state index in [-0.39, 0.29) is 16.7 Å². The minimum atomic E-state index is 0.0620. The molecule has 4 aliphatic carbocycles. The molecule has 4 aliphatic rings. The van der Waals surface area contributed by atoms with Gasteiger partial charge >= 0.3 is 0 Å². The summed E-state index contributed by atoms with van der Waals surface area (Å²) >= 11 is 0. The van der Waals surface area contributed by atoms with Gasteiger partial charge in [0.15, 0.2) is 5.78 Å². The van der Waals surface area contributed by atoms with Crippen molar-refractivity contribution in [1.29, 1.82) is 0 Å². The highest BCUT2D eigenvalue weighted by Crippen LogP contribution is 2.67. The maximum Gasteiger partial charge on any atom is 0.155 e. The van der Waals surface area contributed by atoms with E-state index in [0.29, 0.717) is 35.7 Å². The van der Waals surface area contributed by atoms with E-state index < -0.39 is 0 Å². The Balaban J connectivity index is 1.71. The van der Waals surface area contributed by atoms with Gasteiger partial charge in [0.1, 0.15) is 5.78 Å². The molecule has 0 saturated heterocycles. The molecule has 3 fully saturated rings. The van der Waals surface area contributed by atoms with E-state index in [1.54, 1.807) is 6.92 Å². The standard InChI is InChI=1S/C22H30O2/c1-4-22-12-9-16(24)13-15(22)5-6-17-19-8-7-18(14(2)23)21(19,3)11-10-20(17)22/h4,13,17-20H,1,5-12H2,2-3H3. The number of carbonyl (C=O) groups is 2. The summed E-state index contributed by atoms with van der Waals surface area (Å²) in [7, 11) is 0. The minimum Gasteiger partial charge on any atom is -0.300 e. The van der Waals surface area contributed by atoms with Gasteiger partial charge in [-0.2, -0.15) is 0 Å². The van der Waals surface area contributed by atoms with Crippen LogP contribution >= 0.6 is 0 Å². The van der Waals surface area contributed by atoms with Crippen molar-refractivity contribution < 1.29 is 9.59 Å². The number of Topliss-reactive ketones (excluding diaryl/α,β-unsaturated/α-hetero) is 1. The highest BCUT2D eigenvalue weighted by Gasteiger charge is 2.60. The number of hydrogen-bond acceptors (Lipinski definition) is 2. The molecule has 3 saturated carbocycles. The van der Waals surface area contributed by atoms with E-state index in [1.807, 2.05) is 6.08 Å². The Morgan fingerprint density at radius 2 is 1.96 bits per heavy atom. The Kier molecular flexibility index (Phi) is 3.67. The summed E-state index contributed by atoms with van der Waals surface area (Å²) in [6.07, 6.45) is 12.7. The SMILES string of the molecule is C=CC12CCC(=O)C=C1CCC1C2CCC2(C)C(C(C)=O)CCC12. The number of carbonyl (C=O) groups excluding carboxylic acids is 2. The molecule has 2 nitrogen and oxygen atoms in total. The third-order valence-electron chi connectivity index (χ3n) is 8.42. The van der Waals surface area contributed by atoms with Crippen LogP contribution in [0.4, 0.5) is 0 Å². The fourth-order valence-electron chi connectivity index (χ4n) is 7.32. The van der Waals surface area contributed by atoms with E-state index in [1.165, 1.54) is 31.3 Å². The summed E-state index contributed by atoms with van der Waals surface area (Å²) in [4.78, 5) is 24.1. The Bertz CT molecular complexity index is 630. The molecule has 0 aromatic rings. The van der Waals surface area contributed by atoms with Gasteiger partial charge in [0.05, 0.1) is 0 Å². The predicted octanol–water partition coefficient (Wildman–Crippen LogP) is 4.89. The van der Waals surface area contributed by atoms with Crippen LogP contribution in [0.25, 0.3) is 0 Å². The molecule has 2 heteroatoms.